The quantitative estimate of drug-likeness (QED) is 0.612. The van der Waals surface area contributed by atoms with Gasteiger partial charge in [-0.25, -0.2) is 9.59 Å². The van der Waals surface area contributed by atoms with E-state index in [0.717, 1.165) is 22.1 Å². The number of urea groups is 1. The lowest BCUT2D eigenvalue weighted by atomic mass is 10.1. The number of methoxy groups -OCH3 is 1. The molecule has 0 aliphatic rings. The average Bonchev–Trinajstić information content (AvgIpc) is 2.64. The summed E-state index contributed by atoms with van der Waals surface area (Å²) in [5, 5.41) is 6.46. The van der Waals surface area contributed by atoms with Gasteiger partial charge in [-0.15, -0.1) is 0 Å². The fraction of sp³-hybridized carbons (Fsp3) is 0.211. The van der Waals surface area contributed by atoms with Gasteiger partial charge in [0.2, 0.25) is 0 Å². The van der Waals surface area contributed by atoms with Crippen molar-refractivity contribution in [1.29, 1.82) is 0 Å². The minimum Gasteiger partial charge on any atom is -0.497 e. The topological polar surface area (TPSA) is 93.7 Å². The van der Waals surface area contributed by atoms with E-state index in [1.807, 2.05) is 41.7 Å². The summed E-state index contributed by atoms with van der Waals surface area (Å²) < 4.78 is 9.97. The van der Waals surface area contributed by atoms with Crippen molar-refractivity contribution in [2.75, 3.05) is 20.3 Å². The number of carbonyl (C=O) groups is 3. The van der Waals surface area contributed by atoms with Gasteiger partial charge in [0.15, 0.2) is 6.61 Å². The zero-order valence-corrected chi connectivity index (χ0v) is 14.6. The molecule has 0 fully saturated rings. The van der Waals surface area contributed by atoms with Crippen LogP contribution in [-0.2, 0) is 14.3 Å². The molecule has 136 valence electrons. The molecule has 2 aromatic carbocycles. The number of carbonyl (C=O) groups excluding carboxylic acids is 3. The molecule has 0 heterocycles. The van der Waals surface area contributed by atoms with Crippen LogP contribution >= 0.6 is 0 Å². The first-order valence-corrected chi connectivity index (χ1v) is 8.02. The summed E-state index contributed by atoms with van der Waals surface area (Å²) in [4.78, 5) is 34.2. The van der Waals surface area contributed by atoms with Gasteiger partial charge in [0.25, 0.3) is 5.91 Å². The third kappa shape index (κ3) is 5.62. The van der Waals surface area contributed by atoms with Crippen LogP contribution in [0.5, 0.6) is 5.75 Å². The number of esters is 1. The fourth-order valence-electron chi connectivity index (χ4n) is 2.19. The Bertz CT molecular complexity index is 845. The van der Waals surface area contributed by atoms with Gasteiger partial charge in [0, 0.05) is 12.6 Å². The Hall–Kier alpha value is -3.35. The first kappa shape index (κ1) is 19.0. The summed E-state index contributed by atoms with van der Waals surface area (Å²) in [6.45, 7) is 1.58. The molecule has 2 N–H and O–H groups in total. The zero-order valence-electron chi connectivity index (χ0n) is 14.6. The number of imide groups is 1. The molecule has 0 bridgehead atoms. The Morgan fingerprint density at radius 2 is 1.81 bits per heavy atom. The van der Waals surface area contributed by atoms with Crippen molar-refractivity contribution in [2.24, 2.45) is 0 Å². The molecule has 0 atom stereocenters. The van der Waals surface area contributed by atoms with Gasteiger partial charge >= 0.3 is 12.0 Å². The molecular weight excluding hydrogens is 336 g/mol. The number of rotatable bonds is 6. The first-order valence-electron chi connectivity index (χ1n) is 8.02. The van der Waals surface area contributed by atoms with Crippen LogP contribution in [0.25, 0.3) is 16.8 Å². The molecule has 0 aliphatic carbocycles. The second-order valence-corrected chi connectivity index (χ2v) is 5.32. The first-order chi connectivity index (χ1) is 12.5. The molecule has 2 aromatic rings. The molecule has 26 heavy (non-hydrogen) atoms. The van der Waals surface area contributed by atoms with Crippen molar-refractivity contribution in [3.63, 3.8) is 0 Å². The highest BCUT2D eigenvalue weighted by Crippen LogP contribution is 2.22. The summed E-state index contributed by atoms with van der Waals surface area (Å²) in [7, 11) is 1.61. The van der Waals surface area contributed by atoms with Crippen LogP contribution in [0.3, 0.4) is 0 Å². The van der Waals surface area contributed by atoms with Crippen molar-refractivity contribution in [1.82, 2.24) is 10.6 Å². The van der Waals surface area contributed by atoms with E-state index in [4.69, 9.17) is 9.47 Å². The van der Waals surface area contributed by atoms with Gasteiger partial charge in [-0.3, -0.25) is 10.1 Å². The van der Waals surface area contributed by atoms with E-state index in [-0.39, 0.29) is 0 Å². The fourth-order valence-corrected chi connectivity index (χ4v) is 2.19. The predicted octanol–water partition coefficient (Wildman–Crippen LogP) is 2.25. The standard InChI is InChI=1S/C19H20N2O5/c1-3-20-19(24)21-17(22)12-26-18(23)9-5-13-4-6-15-11-16(25-2)8-7-14(15)10-13/h4-11H,3,12H2,1-2H3,(H2,20,21,22,24)/b9-5+. The maximum Gasteiger partial charge on any atom is 0.331 e. The van der Waals surface area contributed by atoms with E-state index in [9.17, 15) is 14.4 Å². The van der Waals surface area contributed by atoms with E-state index in [1.165, 1.54) is 6.08 Å². The van der Waals surface area contributed by atoms with E-state index in [2.05, 4.69) is 5.32 Å². The predicted molar refractivity (Wildman–Crippen MR) is 97.7 cm³/mol. The van der Waals surface area contributed by atoms with Crippen LogP contribution < -0.4 is 15.4 Å². The monoisotopic (exact) mass is 356 g/mol. The van der Waals surface area contributed by atoms with E-state index >= 15 is 0 Å². The van der Waals surface area contributed by atoms with E-state index < -0.39 is 24.5 Å². The second kappa shape index (κ2) is 9.22. The van der Waals surface area contributed by atoms with Crippen LogP contribution in [0.4, 0.5) is 4.79 Å². The Morgan fingerprint density at radius 3 is 2.54 bits per heavy atom. The molecule has 0 aliphatic heterocycles. The summed E-state index contributed by atoms with van der Waals surface area (Å²) in [5.74, 6) is -0.599. The maximum atomic E-state index is 11.7. The SMILES string of the molecule is CCNC(=O)NC(=O)COC(=O)/C=C/c1ccc2cc(OC)ccc2c1. The minimum atomic E-state index is -0.697. The lowest BCUT2D eigenvalue weighted by Gasteiger charge is -2.05. The Balaban J connectivity index is 1.90. The molecular formula is C19H20N2O5. The molecule has 0 saturated heterocycles. The number of hydrogen-bond donors (Lipinski definition) is 2. The van der Waals surface area contributed by atoms with Crippen molar-refractivity contribution in [2.45, 2.75) is 6.92 Å². The van der Waals surface area contributed by atoms with E-state index in [0.29, 0.717) is 6.54 Å². The second-order valence-electron chi connectivity index (χ2n) is 5.32. The molecule has 3 amide bonds. The van der Waals surface area contributed by atoms with E-state index in [1.54, 1.807) is 20.1 Å². The van der Waals surface area contributed by atoms with Crippen molar-refractivity contribution < 1.29 is 23.9 Å². The van der Waals surface area contributed by atoms with Crippen LogP contribution in [0.1, 0.15) is 12.5 Å². The third-order valence-corrected chi connectivity index (χ3v) is 3.42. The van der Waals surface area contributed by atoms with Gasteiger partial charge in [0.1, 0.15) is 5.75 Å². The largest absolute Gasteiger partial charge is 0.497 e. The molecule has 7 nitrogen and oxygen atoms in total. The third-order valence-electron chi connectivity index (χ3n) is 3.42. The van der Waals surface area contributed by atoms with Crippen LogP contribution in [0.15, 0.2) is 42.5 Å². The number of hydrogen-bond acceptors (Lipinski definition) is 5. The Labute approximate surface area is 151 Å². The number of benzene rings is 2. The molecule has 0 unspecified atom stereocenters. The number of amides is 3. The molecule has 0 saturated carbocycles. The number of nitrogens with one attached hydrogen (secondary N) is 2. The van der Waals surface area contributed by atoms with Gasteiger partial charge < -0.3 is 14.8 Å². The van der Waals surface area contributed by atoms with Gasteiger partial charge in [0.05, 0.1) is 7.11 Å². The molecule has 0 aromatic heterocycles. The Kier molecular flexibility index (Phi) is 6.73. The molecule has 0 radical (unpaired) electrons. The summed E-state index contributed by atoms with van der Waals surface area (Å²) in [6, 6.07) is 10.8. The lowest BCUT2D eigenvalue weighted by molar-refractivity contribution is -0.143. The molecule has 0 spiro atoms. The highest BCUT2D eigenvalue weighted by Gasteiger charge is 2.08. The zero-order chi connectivity index (χ0) is 18.9. The van der Waals surface area contributed by atoms with Crippen molar-refractivity contribution >= 4 is 34.8 Å². The molecule has 7 heteroatoms. The van der Waals surface area contributed by atoms with Gasteiger partial charge in [-0.1, -0.05) is 18.2 Å². The lowest BCUT2D eigenvalue weighted by Crippen LogP contribution is -2.41. The smallest absolute Gasteiger partial charge is 0.331 e. The Morgan fingerprint density at radius 1 is 1.08 bits per heavy atom. The van der Waals surface area contributed by atoms with Gasteiger partial charge in [-0.05, 0) is 47.5 Å². The summed E-state index contributed by atoms with van der Waals surface area (Å²) in [5.41, 5.74) is 0.811. The minimum absolute atomic E-state index is 0.389. The van der Waals surface area contributed by atoms with Crippen LogP contribution in [-0.4, -0.2) is 38.2 Å². The maximum absolute atomic E-state index is 11.7. The summed E-state index contributed by atoms with van der Waals surface area (Å²) in [6.07, 6.45) is 2.82. The highest BCUT2D eigenvalue weighted by atomic mass is 16.5. The van der Waals surface area contributed by atoms with Crippen molar-refractivity contribution in [3.8, 4) is 5.75 Å². The summed E-state index contributed by atoms with van der Waals surface area (Å²) >= 11 is 0. The van der Waals surface area contributed by atoms with Crippen molar-refractivity contribution in [3.05, 3.63) is 48.0 Å². The average molecular weight is 356 g/mol. The highest BCUT2D eigenvalue weighted by molar-refractivity contribution is 5.96. The van der Waals surface area contributed by atoms with Crippen LogP contribution in [0, 0.1) is 0 Å². The van der Waals surface area contributed by atoms with Crippen LogP contribution in [0.2, 0.25) is 0 Å². The normalized spacial score (nSPS) is 10.5. The number of fused-ring (bicyclic) bond motifs is 1. The number of ether oxygens (including phenoxy) is 2. The van der Waals surface area contributed by atoms with Gasteiger partial charge in [-0.2, -0.15) is 0 Å². The molecule has 2 rings (SSSR count).